The Morgan fingerprint density at radius 2 is 1.84 bits per heavy atom. The lowest BCUT2D eigenvalue weighted by Crippen LogP contribution is -2.10. The second-order valence-corrected chi connectivity index (χ2v) is 7.65. The lowest BCUT2D eigenvalue weighted by Gasteiger charge is -2.17. The van der Waals surface area contributed by atoms with Crippen LogP contribution in [0.2, 0.25) is 0 Å². The number of aromatic nitrogens is 2. The van der Waals surface area contributed by atoms with Crippen molar-refractivity contribution in [2.75, 3.05) is 0 Å². The zero-order chi connectivity index (χ0) is 17.9. The van der Waals surface area contributed by atoms with Gasteiger partial charge in [0.05, 0.1) is 0 Å². The van der Waals surface area contributed by atoms with Crippen LogP contribution in [0.5, 0.6) is 0 Å². The fraction of sp³-hybridized carbons (Fsp3) is 0.850. The summed E-state index contributed by atoms with van der Waals surface area (Å²) in [7, 11) is 0. The van der Waals surface area contributed by atoms with Gasteiger partial charge in [-0.3, -0.25) is 4.79 Å². The Hall–Kier alpha value is -1.39. The first-order valence-corrected chi connectivity index (χ1v) is 10.3. The number of primary amides is 1. The fourth-order valence-electron chi connectivity index (χ4n) is 3.94. The average molecular weight is 350 g/mol. The highest BCUT2D eigenvalue weighted by Gasteiger charge is 2.20. The van der Waals surface area contributed by atoms with Gasteiger partial charge in [0.2, 0.25) is 17.7 Å². The molecule has 1 aromatic heterocycles. The van der Waals surface area contributed by atoms with E-state index in [1.54, 1.807) is 0 Å². The predicted octanol–water partition coefficient (Wildman–Crippen LogP) is 4.90. The van der Waals surface area contributed by atoms with Gasteiger partial charge < -0.3 is 10.2 Å². The molecule has 142 valence electrons. The van der Waals surface area contributed by atoms with Crippen molar-refractivity contribution in [1.29, 1.82) is 0 Å². The van der Waals surface area contributed by atoms with E-state index in [1.807, 2.05) is 0 Å². The molecule has 1 unspecified atom stereocenters. The summed E-state index contributed by atoms with van der Waals surface area (Å²) in [5, 5.41) is 8.68. The van der Waals surface area contributed by atoms with E-state index in [0.29, 0.717) is 18.3 Å². The number of nitrogens with two attached hydrogens (primary N) is 1. The quantitative estimate of drug-likeness (QED) is 0.609. The number of amides is 1. The van der Waals surface area contributed by atoms with Crippen molar-refractivity contribution < 1.29 is 9.21 Å². The van der Waals surface area contributed by atoms with Crippen LogP contribution in [0.4, 0.5) is 0 Å². The number of carbonyl (C=O) groups excluding carboxylic acids is 1. The van der Waals surface area contributed by atoms with Crippen LogP contribution in [-0.2, 0) is 11.2 Å². The Morgan fingerprint density at radius 3 is 2.52 bits per heavy atom. The average Bonchev–Trinajstić information content (AvgIpc) is 3.01. The smallest absolute Gasteiger partial charge is 0.219 e. The van der Waals surface area contributed by atoms with Crippen molar-refractivity contribution in [2.24, 2.45) is 11.7 Å². The molecular formula is C20H35N3O2. The monoisotopic (exact) mass is 349 g/mol. The highest BCUT2D eigenvalue weighted by atomic mass is 16.4. The molecule has 0 saturated heterocycles. The van der Waals surface area contributed by atoms with E-state index in [9.17, 15) is 4.79 Å². The molecule has 5 nitrogen and oxygen atoms in total. The number of carbonyl (C=O) groups is 1. The Balaban J connectivity index is 1.85. The molecule has 2 rings (SSSR count). The van der Waals surface area contributed by atoms with Crippen molar-refractivity contribution in [3.63, 3.8) is 0 Å². The molecule has 1 aliphatic carbocycles. The van der Waals surface area contributed by atoms with Gasteiger partial charge in [-0.1, -0.05) is 51.9 Å². The Bertz CT molecular complexity index is 493. The molecule has 0 bridgehead atoms. The Morgan fingerprint density at radius 1 is 1.12 bits per heavy atom. The minimum atomic E-state index is -0.216. The van der Waals surface area contributed by atoms with Gasteiger partial charge in [0.1, 0.15) is 0 Å². The lowest BCUT2D eigenvalue weighted by atomic mass is 9.89. The third kappa shape index (κ3) is 7.57. The van der Waals surface area contributed by atoms with Gasteiger partial charge >= 0.3 is 0 Å². The highest BCUT2D eigenvalue weighted by Crippen LogP contribution is 2.29. The van der Waals surface area contributed by atoms with E-state index >= 15 is 0 Å². The summed E-state index contributed by atoms with van der Waals surface area (Å²) in [6.07, 6.45) is 15.8. The topological polar surface area (TPSA) is 82.0 Å². The number of hydrogen-bond donors (Lipinski definition) is 1. The first-order chi connectivity index (χ1) is 12.2. The van der Waals surface area contributed by atoms with Crippen molar-refractivity contribution in [2.45, 2.75) is 103 Å². The SMILES string of the molecule is CCCC(CCCCC(N)=O)c1nnc(CC2CCCCCCC2)o1. The third-order valence-corrected chi connectivity index (χ3v) is 5.38. The van der Waals surface area contributed by atoms with E-state index in [1.165, 1.54) is 44.9 Å². The van der Waals surface area contributed by atoms with Gasteiger partial charge in [0.25, 0.3) is 0 Å². The molecule has 1 aliphatic rings. The first-order valence-electron chi connectivity index (χ1n) is 10.3. The normalized spacial score (nSPS) is 17.8. The first kappa shape index (κ1) is 19.9. The molecule has 1 aromatic rings. The van der Waals surface area contributed by atoms with Crippen LogP contribution in [0.15, 0.2) is 4.42 Å². The van der Waals surface area contributed by atoms with Crippen LogP contribution in [0, 0.1) is 5.92 Å². The predicted molar refractivity (Wildman–Crippen MR) is 99.1 cm³/mol. The van der Waals surface area contributed by atoms with Gasteiger partial charge in [-0.2, -0.15) is 0 Å². The van der Waals surface area contributed by atoms with Crippen LogP contribution in [0.3, 0.4) is 0 Å². The van der Waals surface area contributed by atoms with Crippen molar-refractivity contribution >= 4 is 5.91 Å². The minimum absolute atomic E-state index is 0.216. The molecule has 1 amide bonds. The van der Waals surface area contributed by atoms with E-state index in [2.05, 4.69) is 17.1 Å². The zero-order valence-electron chi connectivity index (χ0n) is 15.8. The van der Waals surface area contributed by atoms with Crippen LogP contribution in [0.25, 0.3) is 0 Å². The van der Waals surface area contributed by atoms with Crippen molar-refractivity contribution in [3.8, 4) is 0 Å². The second kappa shape index (κ2) is 11.3. The summed E-state index contributed by atoms with van der Waals surface area (Å²) < 4.78 is 6.04. The van der Waals surface area contributed by atoms with Gasteiger partial charge in [-0.05, 0) is 38.0 Å². The van der Waals surface area contributed by atoms with Crippen LogP contribution >= 0.6 is 0 Å². The maximum atomic E-state index is 10.9. The molecule has 1 fully saturated rings. The largest absolute Gasteiger partial charge is 0.425 e. The number of unbranched alkanes of at least 4 members (excludes halogenated alkanes) is 1. The molecule has 0 aromatic carbocycles. The molecule has 0 radical (unpaired) electrons. The summed E-state index contributed by atoms with van der Waals surface area (Å²) in [6, 6.07) is 0. The molecule has 1 saturated carbocycles. The fourth-order valence-corrected chi connectivity index (χ4v) is 3.94. The maximum Gasteiger partial charge on any atom is 0.219 e. The number of rotatable bonds is 10. The standard InChI is InChI=1S/C20H35N3O2/c1-2-10-17(13-8-9-14-18(21)24)20-23-22-19(25-20)15-16-11-6-4-3-5-7-12-16/h16-17H,2-15H2,1H3,(H2,21,24). The molecule has 25 heavy (non-hydrogen) atoms. The summed E-state index contributed by atoms with van der Waals surface area (Å²) in [6.45, 7) is 2.18. The zero-order valence-corrected chi connectivity index (χ0v) is 15.8. The van der Waals surface area contributed by atoms with Crippen molar-refractivity contribution in [1.82, 2.24) is 10.2 Å². The van der Waals surface area contributed by atoms with Crippen LogP contribution in [-0.4, -0.2) is 16.1 Å². The van der Waals surface area contributed by atoms with Gasteiger partial charge in [0, 0.05) is 18.8 Å². The van der Waals surface area contributed by atoms with E-state index < -0.39 is 0 Å². The molecule has 1 atom stereocenters. The molecular weight excluding hydrogens is 314 g/mol. The van der Waals surface area contributed by atoms with Crippen molar-refractivity contribution in [3.05, 3.63) is 11.8 Å². The number of hydrogen-bond acceptors (Lipinski definition) is 4. The molecule has 2 N–H and O–H groups in total. The Kier molecular flexibility index (Phi) is 8.98. The molecule has 0 spiro atoms. The summed E-state index contributed by atoms with van der Waals surface area (Å²) in [4.78, 5) is 10.9. The molecule has 0 aliphatic heterocycles. The van der Waals surface area contributed by atoms with E-state index in [-0.39, 0.29) is 5.91 Å². The van der Waals surface area contributed by atoms with E-state index in [4.69, 9.17) is 10.2 Å². The van der Waals surface area contributed by atoms with Crippen LogP contribution in [0.1, 0.15) is 108 Å². The summed E-state index contributed by atoms with van der Waals surface area (Å²) >= 11 is 0. The van der Waals surface area contributed by atoms with E-state index in [0.717, 1.165) is 50.3 Å². The van der Waals surface area contributed by atoms with Crippen LogP contribution < -0.4 is 5.73 Å². The van der Waals surface area contributed by atoms with Gasteiger partial charge in [-0.15, -0.1) is 10.2 Å². The Labute approximate surface area is 152 Å². The number of nitrogens with zero attached hydrogens (tertiary/aromatic N) is 2. The highest BCUT2D eigenvalue weighted by molar-refractivity contribution is 5.73. The minimum Gasteiger partial charge on any atom is -0.425 e. The second-order valence-electron chi connectivity index (χ2n) is 7.65. The van der Waals surface area contributed by atoms with Gasteiger partial charge in [-0.25, -0.2) is 0 Å². The summed E-state index contributed by atoms with van der Waals surface area (Å²) in [5.41, 5.74) is 5.21. The molecule has 1 heterocycles. The lowest BCUT2D eigenvalue weighted by molar-refractivity contribution is -0.118. The van der Waals surface area contributed by atoms with Gasteiger partial charge in [0.15, 0.2) is 0 Å². The summed E-state index contributed by atoms with van der Waals surface area (Å²) in [5.74, 6) is 2.41. The maximum absolute atomic E-state index is 10.9. The molecule has 5 heteroatoms. The third-order valence-electron chi connectivity index (χ3n) is 5.38.